The summed E-state index contributed by atoms with van der Waals surface area (Å²) in [7, 11) is 0. The van der Waals surface area contributed by atoms with Crippen molar-refractivity contribution >= 4 is 0 Å². The predicted molar refractivity (Wildman–Crippen MR) is 68.1 cm³/mol. The molecule has 0 fully saturated rings. The van der Waals surface area contributed by atoms with Gasteiger partial charge < -0.3 is 0 Å². The lowest BCUT2D eigenvalue weighted by molar-refractivity contribution is 0.866. The summed E-state index contributed by atoms with van der Waals surface area (Å²) in [4.78, 5) is 0. The fourth-order valence-corrected chi connectivity index (χ4v) is 1.87. The van der Waals surface area contributed by atoms with E-state index in [1.165, 1.54) is 0 Å². The molecule has 0 saturated heterocycles. The van der Waals surface area contributed by atoms with Crippen LogP contribution in [0.3, 0.4) is 0 Å². The molecule has 0 bridgehead atoms. The van der Waals surface area contributed by atoms with Gasteiger partial charge in [0.2, 0.25) is 0 Å². The molecule has 80 valence electrons. The first kappa shape index (κ1) is 11.0. The van der Waals surface area contributed by atoms with Gasteiger partial charge in [-0.05, 0) is 11.1 Å². The zero-order chi connectivity index (χ0) is 12.1. The molecule has 1 nitrogen and oxygen atoms in total. The largest absolute Gasteiger partial charge is 0.196 e. The highest BCUT2D eigenvalue weighted by Gasteiger charge is 2.31. The fourth-order valence-electron chi connectivity index (χ4n) is 1.87. The van der Waals surface area contributed by atoms with Crippen LogP contribution in [-0.4, -0.2) is 0 Å². The van der Waals surface area contributed by atoms with Crippen LogP contribution < -0.4 is 0 Å². The number of rotatable bonds is 2. The number of nitriles is 1. The maximum atomic E-state index is 9.49. The number of benzene rings is 2. The van der Waals surface area contributed by atoms with E-state index >= 15 is 0 Å². The van der Waals surface area contributed by atoms with Gasteiger partial charge >= 0.3 is 0 Å². The minimum absolute atomic E-state index is 0.830. The molecule has 2 aromatic rings. The second-order valence-electron chi connectivity index (χ2n) is 3.74. The molecule has 0 heterocycles. The standard InChI is InChI=1S/C16H11N/c1-2-16(13-17,14-9-5-3-6-10-14)15-11-7-4-8-12-15/h1,3-12H. The molecule has 0 atom stereocenters. The van der Waals surface area contributed by atoms with Gasteiger partial charge in [-0.3, -0.25) is 0 Å². The van der Waals surface area contributed by atoms with Crippen molar-refractivity contribution < 1.29 is 0 Å². The van der Waals surface area contributed by atoms with E-state index in [-0.39, 0.29) is 0 Å². The SMILES string of the molecule is C#CC(C#N)(c1ccccc1)c1ccccc1. The van der Waals surface area contributed by atoms with Crippen molar-refractivity contribution in [1.29, 1.82) is 5.26 Å². The lowest BCUT2D eigenvalue weighted by Crippen LogP contribution is -2.23. The van der Waals surface area contributed by atoms with E-state index in [1.54, 1.807) is 0 Å². The Morgan fingerprint density at radius 3 is 1.53 bits per heavy atom. The molecule has 0 amide bonds. The van der Waals surface area contributed by atoms with Crippen molar-refractivity contribution in [3.8, 4) is 18.4 Å². The molecule has 17 heavy (non-hydrogen) atoms. The maximum Gasteiger partial charge on any atom is 0.167 e. The van der Waals surface area contributed by atoms with Crippen LogP contribution in [-0.2, 0) is 5.41 Å². The molecule has 0 aliphatic carbocycles. The van der Waals surface area contributed by atoms with Crippen molar-refractivity contribution in [3.63, 3.8) is 0 Å². The highest BCUT2D eigenvalue weighted by molar-refractivity contribution is 5.53. The summed E-state index contributed by atoms with van der Waals surface area (Å²) in [6.45, 7) is 0. The van der Waals surface area contributed by atoms with Crippen molar-refractivity contribution in [3.05, 3.63) is 71.8 Å². The minimum Gasteiger partial charge on any atom is -0.196 e. The van der Waals surface area contributed by atoms with Crippen LogP contribution in [0.4, 0.5) is 0 Å². The predicted octanol–water partition coefficient (Wildman–Crippen LogP) is 3.13. The smallest absolute Gasteiger partial charge is 0.167 e. The normalized spacial score (nSPS) is 10.2. The summed E-state index contributed by atoms with van der Waals surface area (Å²) < 4.78 is 0. The Labute approximate surface area is 101 Å². The number of terminal acetylenes is 1. The summed E-state index contributed by atoms with van der Waals surface area (Å²) in [5, 5.41) is 9.49. The van der Waals surface area contributed by atoms with E-state index in [0.717, 1.165) is 11.1 Å². The van der Waals surface area contributed by atoms with Gasteiger partial charge in [-0.15, -0.1) is 6.42 Å². The minimum atomic E-state index is -0.998. The average molecular weight is 217 g/mol. The molecule has 2 rings (SSSR count). The number of nitrogens with zero attached hydrogens (tertiary/aromatic N) is 1. The monoisotopic (exact) mass is 217 g/mol. The van der Waals surface area contributed by atoms with Crippen LogP contribution in [0.15, 0.2) is 60.7 Å². The number of hydrogen-bond donors (Lipinski definition) is 0. The topological polar surface area (TPSA) is 23.8 Å². The van der Waals surface area contributed by atoms with E-state index in [0.29, 0.717) is 0 Å². The summed E-state index contributed by atoms with van der Waals surface area (Å²) in [5.74, 6) is 2.64. The van der Waals surface area contributed by atoms with Crippen LogP contribution in [0, 0.1) is 23.7 Å². The Hall–Kier alpha value is -2.51. The third kappa shape index (κ3) is 1.80. The highest BCUT2D eigenvalue weighted by atomic mass is 14.4. The molecular weight excluding hydrogens is 206 g/mol. The van der Waals surface area contributed by atoms with E-state index in [9.17, 15) is 5.26 Å². The molecule has 0 saturated carbocycles. The lowest BCUT2D eigenvalue weighted by atomic mass is 9.76. The van der Waals surface area contributed by atoms with Gasteiger partial charge in [-0.2, -0.15) is 5.26 Å². The molecule has 0 aromatic heterocycles. The molecular formula is C16H11N. The van der Waals surface area contributed by atoms with Crippen LogP contribution >= 0.6 is 0 Å². The first-order valence-electron chi connectivity index (χ1n) is 5.33. The van der Waals surface area contributed by atoms with Crippen LogP contribution in [0.1, 0.15) is 11.1 Å². The molecule has 0 aliphatic rings. The zero-order valence-electron chi connectivity index (χ0n) is 9.30. The maximum absolute atomic E-state index is 9.49. The molecule has 0 unspecified atom stereocenters. The molecule has 0 aliphatic heterocycles. The van der Waals surface area contributed by atoms with Crippen molar-refractivity contribution in [2.24, 2.45) is 0 Å². The highest BCUT2D eigenvalue weighted by Crippen LogP contribution is 2.30. The van der Waals surface area contributed by atoms with Crippen molar-refractivity contribution in [2.45, 2.75) is 5.41 Å². The Bertz CT molecular complexity index is 515. The first-order chi connectivity index (χ1) is 8.33. The second kappa shape index (κ2) is 4.56. The number of hydrogen-bond acceptors (Lipinski definition) is 1. The van der Waals surface area contributed by atoms with Gasteiger partial charge in [0.15, 0.2) is 5.41 Å². The summed E-state index contributed by atoms with van der Waals surface area (Å²) >= 11 is 0. The third-order valence-electron chi connectivity index (χ3n) is 2.80. The molecule has 0 radical (unpaired) electrons. The van der Waals surface area contributed by atoms with E-state index in [1.807, 2.05) is 60.7 Å². The second-order valence-corrected chi connectivity index (χ2v) is 3.74. The van der Waals surface area contributed by atoms with Gasteiger partial charge in [0, 0.05) is 0 Å². The molecule has 0 spiro atoms. The van der Waals surface area contributed by atoms with Crippen molar-refractivity contribution in [2.75, 3.05) is 0 Å². The average Bonchev–Trinajstić information content (AvgIpc) is 2.43. The van der Waals surface area contributed by atoms with Crippen molar-refractivity contribution in [1.82, 2.24) is 0 Å². The van der Waals surface area contributed by atoms with Crippen LogP contribution in [0.5, 0.6) is 0 Å². The van der Waals surface area contributed by atoms with Crippen LogP contribution in [0.25, 0.3) is 0 Å². The van der Waals surface area contributed by atoms with Gasteiger partial charge in [0.05, 0.1) is 6.07 Å². The zero-order valence-corrected chi connectivity index (χ0v) is 9.30. The Morgan fingerprint density at radius 2 is 1.24 bits per heavy atom. The molecule has 1 heteroatoms. The molecule has 2 aromatic carbocycles. The fraction of sp³-hybridized carbons (Fsp3) is 0.0625. The summed E-state index contributed by atoms with van der Waals surface area (Å²) in [5.41, 5.74) is 0.662. The van der Waals surface area contributed by atoms with E-state index in [4.69, 9.17) is 6.42 Å². The van der Waals surface area contributed by atoms with Gasteiger partial charge in [0.25, 0.3) is 0 Å². The quantitative estimate of drug-likeness (QED) is 0.709. The Kier molecular flexibility index (Phi) is 2.95. The molecule has 0 N–H and O–H groups in total. The third-order valence-corrected chi connectivity index (χ3v) is 2.80. The van der Waals surface area contributed by atoms with E-state index in [2.05, 4.69) is 12.0 Å². The lowest BCUT2D eigenvalue weighted by Gasteiger charge is -2.21. The summed E-state index contributed by atoms with van der Waals surface area (Å²) in [6.07, 6.45) is 5.61. The summed E-state index contributed by atoms with van der Waals surface area (Å²) in [6, 6.07) is 21.2. The van der Waals surface area contributed by atoms with Gasteiger partial charge in [-0.25, -0.2) is 0 Å². The van der Waals surface area contributed by atoms with Gasteiger partial charge in [-0.1, -0.05) is 66.6 Å². The first-order valence-corrected chi connectivity index (χ1v) is 5.33. The van der Waals surface area contributed by atoms with Gasteiger partial charge in [0.1, 0.15) is 0 Å². The van der Waals surface area contributed by atoms with Crippen LogP contribution in [0.2, 0.25) is 0 Å². The Morgan fingerprint density at radius 1 is 0.824 bits per heavy atom. The van der Waals surface area contributed by atoms with E-state index < -0.39 is 5.41 Å². The Balaban J connectivity index is 2.65.